The minimum Gasteiger partial charge on any atom is -0.480 e. The number of carbonyl (C=O) groups is 2. The monoisotopic (exact) mass is 273 g/mol. The van der Waals surface area contributed by atoms with Crippen molar-refractivity contribution in [2.45, 2.75) is 13.3 Å². The van der Waals surface area contributed by atoms with E-state index in [4.69, 9.17) is 10.2 Å². The molecule has 2 amide bonds. The van der Waals surface area contributed by atoms with E-state index in [1.807, 2.05) is 0 Å². The van der Waals surface area contributed by atoms with Crippen LogP contribution in [0.3, 0.4) is 0 Å². The molecule has 0 aromatic rings. The number of aliphatic hydroxyl groups excluding tert-OH is 1. The molecule has 1 aliphatic heterocycles. The molecule has 0 saturated carbocycles. The van der Waals surface area contributed by atoms with Gasteiger partial charge in [0, 0.05) is 32.7 Å². The van der Waals surface area contributed by atoms with Crippen LogP contribution in [0, 0.1) is 0 Å². The summed E-state index contributed by atoms with van der Waals surface area (Å²) in [6, 6.07) is -0.212. The first kappa shape index (κ1) is 15.7. The van der Waals surface area contributed by atoms with Crippen LogP contribution in [0.15, 0.2) is 0 Å². The molecule has 0 aromatic carbocycles. The molecule has 2 N–H and O–H groups in total. The lowest BCUT2D eigenvalue weighted by Crippen LogP contribution is -2.46. The molecule has 1 aliphatic rings. The number of amides is 2. The average Bonchev–Trinajstić information content (AvgIpc) is 2.61. The van der Waals surface area contributed by atoms with Crippen LogP contribution in [0.25, 0.3) is 0 Å². The second-order valence-electron chi connectivity index (χ2n) is 4.60. The maximum Gasteiger partial charge on any atom is 0.323 e. The first-order chi connectivity index (χ1) is 9.08. The van der Waals surface area contributed by atoms with E-state index in [0.717, 1.165) is 19.5 Å². The van der Waals surface area contributed by atoms with E-state index >= 15 is 0 Å². The first-order valence-electron chi connectivity index (χ1n) is 6.67. The van der Waals surface area contributed by atoms with Crippen LogP contribution in [0.1, 0.15) is 13.3 Å². The number of carboxylic acid groups (broad SMARTS) is 1. The van der Waals surface area contributed by atoms with E-state index in [1.165, 1.54) is 4.90 Å². The summed E-state index contributed by atoms with van der Waals surface area (Å²) in [7, 11) is 0. The zero-order chi connectivity index (χ0) is 14.3. The van der Waals surface area contributed by atoms with Crippen LogP contribution in [0.4, 0.5) is 4.79 Å². The highest BCUT2D eigenvalue weighted by Gasteiger charge is 2.23. The van der Waals surface area contributed by atoms with Crippen LogP contribution >= 0.6 is 0 Å². The van der Waals surface area contributed by atoms with E-state index < -0.39 is 5.97 Å². The number of carbonyl (C=O) groups excluding carboxylic acids is 1. The van der Waals surface area contributed by atoms with Crippen LogP contribution in [-0.4, -0.2) is 89.3 Å². The molecule has 0 atom stereocenters. The van der Waals surface area contributed by atoms with Gasteiger partial charge < -0.3 is 20.0 Å². The van der Waals surface area contributed by atoms with Crippen molar-refractivity contribution in [3.05, 3.63) is 0 Å². The van der Waals surface area contributed by atoms with Gasteiger partial charge in [-0.2, -0.15) is 0 Å². The molecule has 7 nitrogen and oxygen atoms in total. The van der Waals surface area contributed by atoms with Crippen LogP contribution in [0.2, 0.25) is 0 Å². The van der Waals surface area contributed by atoms with Crippen molar-refractivity contribution in [1.29, 1.82) is 0 Å². The quantitative estimate of drug-likeness (QED) is 0.706. The van der Waals surface area contributed by atoms with Crippen molar-refractivity contribution in [2.24, 2.45) is 0 Å². The number of carboxylic acids is 1. The van der Waals surface area contributed by atoms with Gasteiger partial charge in [-0.1, -0.05) is 0 Å². The maximum atomic E-state index is 12.2. The highest BCUT2D eigenvalue weighted by Crippen LogP contribution is 2.06. The zero-order valence-electron chi connectivity index (χ0n) is 11.4. The predicted molar refractivity (Wildman–Crippen MR) is 70.0 cm³/mol. The van der Waals surface area contributed by atoms with Gasteiger partial charge in [0.15, 0.2) is 0 Å². The van der Waals surface area contributed by atoms with Gasteiger partial charge in [0.1, 0.15) is 6.54 Å². The van der Waals surface area contributed by atoms with Crippen LogP contribution in [-0.2, 0) is 4.79 Å². The minimum absolute atomic E-state index is 0.119. The second-order valence-corrected chi connectivity index (χ2v) is 4.60. The number of urea groups is 1. The Kier molecular flexibility index (Phi) is 6.58. The highest BCUT2D eigenvalue weighted by atomic mass is 16.4. The second kappa shape index (κ2) is 7.96. The fourth-order valence-corrected chi connectivity index (χ4v) is 2.21. The Bertz CT molecular complexity index is 311. The molecule has 0 aliphatic carbocycles. The predicted octanol–water partition coefficient (Wildman–Crippen LogP) is -0.487. The zero-order valence-corrected chi connectivity index (χ0v) is 11.4. The molecule has 1 saturated heterocycles. The molecule has 110 valence electrons. The van der Waals surface area contributed by atoms with Gasteiger partial charge in [0.25, 0.3) is 0 Å². The maximum absolute atomic E-state index is 12.2. The largest absolute Gasteiger partial charge is 0.480 e. The van der Waals surface area contributed by atoms with Crippen LogP contribution < -0.4 is 0 Å². The lowest BCUT2D eigenvalue weighted by molar-refractivity contribution is -0.137. The van der Waals surface area contributed by atoms with Crippen LogP contribution in [0.5, 0.6) is 0 Å². The number of rotatable bonds is 5. The summed E-state index contributed by atoms with van der Waals surface area (Å²) in [6.07, 6.45) is 0.844. The first-order valence-corrected chi connectivity index (χ1v) is 6.67. The Morgan fingerprint density at radius 3 is 2.53 bits per heavy atom. The fourth-order valence-electron chi connectivity index (χ4n) is 2.21. The summed E-state index contributed by atoms with van der Waals surface area (Å²) in [6.45, 7) is 5.44. The molecule has 0 bridgehead atoms. The number of hydrogen-bond acceptors (Lipinski definition) is 4. The number of nitrogens with zero attached hydrogens (tertiary/aromatic N) is 3. The lowest BCUT2D eigenvalue weighted by atomic mass is 10.4. The Balaban J connectivity index is 2.53. The number of aliphatic carboxylic acids is 1. The summed E-state index contributed by atoms with van der Waals surface area (Å²) >= 11 is 0. The SMILES string of the molecule is CCN(CC(=O)O)C(=O)N1CCCN(CCO)CC1. The van der Waals surface area contributed by atoms with E-state index in [1.54, 1.807) is 11.8 Å². The average molecular weight is 273 g/mol. The number of aliphatic hydroxyl groups is 1. The Labute approximate surface area is 113 Å². The molecule has 19 heavy (non-hydrogen) atoms. The van der Waals surface area contributed by atoms with Gasteiger partial charge in [0.2, 0.25) is 0 Å². The standard InChI is InChI=1S/C12H23N3O4/c1-2-14(10-11(17)18)12(19)15-5-3-4-13(6-7-15)8-9-16/h16H,2-10H2,1H3,(H,17,18). The summed E-state index contributed by atoms with van der Waals surface area (Å²) < 4.78 is 0. The van der Waals surface area contributed by atoms with E-state index in [-0.39, 0.29) is 19.2 Å². The molecule has 1 heterocycles. The van der Waals surface area contributed by atoms with Gasteiger partial charge in [-0.25, -0.2) is 4.79 Å². The van der Waals surface area contributed by atoms with Crippen molar-refractivity contribution >= 4 is 12.0 Å². The van der Waals surface area contributed by atoms with Gasteiger partial charge in [-0.05, 0) is 19.9 Å². The molecule has 1 fully saturated rings. The summed E-state index contributed by atoms with van der Waals surface area (Å²) in [5.74, 6) is -0.994. The number of likely N-dealkylation sites (N-methyl/N-ethyl adjacent to an activating group) is 1. The van der Waals surface area contributed by atoms with Gasteiger partial charge in [0.05, 0.1) is 6.61 Å². The third-order valence-electron chi connectivity index (χ3n) is 3.25. The number of β-amino-alcohol motifs (C(OH)–C–C–N with tert-alkyl or cyclic N) is 1. The molecule has 1 rings (SSSR count). The fraction of sp³-hybridized carbons (Fsp3) is 0.833. The Morgan fingerprint density at radius 1 is 1.21 bits per heavy atom. The molecular formula is C12H23N3O4. The minimum atomic E-state index is -0.994. The molecule has 0 aromatic heterocycles. The van der Waals surface area contributed by atoms with E-state index in [9.17, 15) is 9.59 Å². The normalized spacial score (nSPS) is 17.1. The third kappa shape index (κ3) is 5.04. The third-order valence-corrected chi connectivity index (χ3v) is 3.25. The van der Waals surface area contributed by atoms with Crippen molar-refractivity contribution in [3.8, 4) is 0 Å². The Hall–Kier alpha value is -1.34. The topological polar surface area (TPSA) is 84.3 Å². The van der Waals surface area contributed by atoms with E-state index in [2.05, 4.69) is 4.90 Å². The molecular weight excluding hydrogens is 250 g/mol. The van der Waals surface area contributed by atoms with Crippen molar-refractivity contribution < 1.29 is 19.8 Å². The van der Waals surface area contributed by atoms with Gasteiger partial charge in [-0.3, -0.25) is 9.69 Å². The number of hydrogen-bond donors (Lipinski definition) is 2. The summed E-state index contributed by atoms with van der Waals surface area (Å²) in [4.78, 5) is 28.1. The lowest BCUT2D eigenvalue weighted by Gasteiger charge is -2.28. The highest BCUT2D eigenvalue weighted by molar-refractivity contribution is 5.80. The van der Waals surface area contributed by atoms with Crippen molar-refractivity contribution in [3.63, 3.8) is 0 Å². The van der Waals surface area contributed by atoms with E-state index in [0.29, 0.717) is 26.2 Å². The van der Waals surface area contributed by atoms with Crippen molar-refractivity contribution in [1.82, 2.24) is 14.7 Å². The van der Waals surface area contributed by atoms with Crippen molar-refractivity contribution in [2.75, 3.05) is 52.4 Å². The van der Waals surface area contributed by atoms with Gasteiger partial charge in [-0.15, -0.1) is 0 Å². The smallest absolute Gasteiger partial charge is 0.323 e. The molecule has 0 radical (unpaired) electrons. The molecule has 0 spiro atoms. The Morgan fingerprint density at radius 2 is 1.95 bits per heavy atom. The molecule has 0 unspecified atom stereocenters. The summed E-state index contributed by atoms with van der Waals surface area (Å²) in [5.41, 5.74) is 0. The van der Waals surface area contributed by atoms with Gasteiger partial charge >= 0.3 is 12.0 Å². The summed E-state index contributed by atoms with van der Waals surface area (Å²) in [5, 5.41) is 17.7. The molecule has 7 heteroatoms.